The van der Waals surface area contributed by atoms with E-state index in [1.54, 1.807) is 25.1 Å². The number of carbonyl (C=O) groups is 1. The molecular formula is C12H12N6O3. The van der Waals surface area contributed by atoms with Crippen molar-refractivity contribution in [3.05, 3.63) is 41.5 Å². The standard InChI is InChI=1S/C12H12N6O3/c1-7-8(5-10(21-7)12(19)14-13)6-18-16-11(15-17-18)9-3-2-4-20-9/h2-5H,6,13H2,1H3,(H,14,19). The summed E-state index contributed by atoms with van der Waals surface area (Å²) in [6.07, 6.45) is 1.54. The summed E-state index contributed by atoms with van der Waals surface area (Å²) in [5.41, 5.74) is 2.77. The summed E-state index contributed by atoms with van der Waals surface area (Å²) in [4.78, 5) is 12.8. The van der Waals surface area contributed by atoms with Gasteiger partial charge in [0.25, 0.3) is 0 Å². The molecule has 9 nitrogen and oxygen atoms in total. The maximum Gasteiger partial charge on any atom is 0.300 e. The monoisotopic (exact) mass is 288 g/mol. The van der Waals surface area contributed by atoms with Gasteiger partial charge in [0.15, 0.2) is 11.5 Å². The molecule has 9 heteroatoms. The number of nitrogen functional groups attached to an aromatic ring is 1. The average Bonchev–Trinajstić information content (AvgIpc) is 3.19. The van der Waals surface area contributed by atoms with Crippen LogP contribution in [0.15, 0.2) is 33.3 Å². The molecule has 21 heavy (non-hydrogen) atoms. The van der Waals surface area contributed by atoms with Crippen molar-refractivity contribution < 1.29 is 13.6 Å². The van der Waals surface area contributed by atoms with Crippen LogP contribution >= 0.6 is 0 Å². The SMILES string of the molecule is Cc1oc(C(=O)NN)cc1Cn1nnc(-c2ccco2)n1. The highest BCUT2D eigenvalue weighted by molar-refractivity contribution is 5.91. The highest BCUT2D eigenvalue weighted by atomic mass is 16.4. The van der Waals surface area contributed by atoms with Gasteiger partial charge in [-0.15, -0.1) is 10.2 Å². The van der Waals surface area contributed by atoms with Crippen LogP contribution in [0.4, 0.5) is 0 Å². The lowest BCUT2D eigenvalue weighted by molar-refractivity contribution is 0.0924. The summed E-state index contributed by atoms with van der Waals surface area (Å²) in [6.45, 7) is 2.06. The summed E-state index contributed by atoms with van der Waals surface area (Å²) >= 11 is 0. The molecule has 3 aromatic heterocycles. The van der Waals surface area contributed by atoms with Gasteiger partial charge < -0.3 is 8.83 Å². The van der Waals surface area contributed by atoms with Crippen LogP contribution in [0.1, 0.15) is 21.9 Å². The predicted molar refractivity (Wildman–Crippen MR) is 69.7 cm³/mol. The fraction of sp³-hybridized carbons (Fsp3) is 0.167. The van der Waals surface area contributed by atoms with Crippen molar-refractivity contribution in [2.75, 3.05) is 0 Å². The van der Waals surface area contributed by atoms with Crippen molar-refractivity contribution in [2.24, 2.45) is 5.84 Å². The Bertz CT molecular complexity index is 758. The molecule has 0 aliphatic heterocycles. The van der Waals surface area contributed by atoms with Crippen molar-refractivity contribution in [2.45, 2.75) is 13.5 Å². The largest absolute Gasteiger partial charge is 0.461 e. The summed E-state index contributed by atoms with van der Waals surface area (Å²) in [5, 5.41) is 12.0. The van der Waals surface area contributed by atoms with E-state index in [9.17, 15) is 4.79 Å². The van der Waals surface area contributed by atoms with Gasteiger partial charge in [-0.1, -0.05) is 0 Å². The first kappa shape index (κ1) is 13.1. The molecule has 108 valence electrons. The number of amides is 1. The molecule has 0 aliphatic rings. The van der Waals surface area contributed by atoms with E-state index < -0.39 is 5.91 Å². The van der Waals surface area contributed by atoms with Crippen LogP contribution < -0.4 is 11.3 Å². The van der Waals surface area contributed by atoms with E-state index in [4.69, 9.17) is 14.7 Å². The Morgan fingerprint density at radius 1 is 1.52 bits per heavy atom. The van der Waals surface area contributed by atoms with Crippen molar-refractivity contribution in [1.82, 2.24) is 25.6 Å². The second-order valence-electron chi connectivity index (χ2n) is 4.29. The predicted octanol–water partition coefficient (Wildman–Crippen LogP) is 0.486. The van der Waals surface area contributed by atoms with E-state index in [0.29, 0.717) is 23.9 Å². The van der Waals surface area contributed by atoms with Crippen LogP contribution in [0.5, 0.6) is 0 Å². The van der Waals surface area contributed by atoms with Crippen LogP contribution in [0.3, 0.4) is 0 Å². The van der Waals surface area contributed by atoms with Gasteiger partial charge >= 0.3 is 5.91 Å². The zero-order valence-corrected chi connectivity index (χ0v) is 11.1. The van der Waals surface area contributed by atoms with Gasteiger partial charge in [0.2, 0.25) is 5.82 Å². The molecule has 0 spiro atoms. The lowest BCUT2D eigenvalue weighted by Gasteiger charge is -1.95. The number of rotatable bonds is 4. The molecule has 0 radical (unpaired) electrons. The Morgan fingerprint density at radius 3 is 3.10 bits per heavy atom. The number of carbonyl (C=O) groups excluding carboxylic acids is 1. The minimum Gasteiger partial charge on any atom is -0.461 e. The summed E-state index contributed by atoms with van der Waals surface area (Å²) < 4.78 is 10.5. The van der Waals surface area contributed by atoms with Gasteiger partial charge in [0, 0.05) is 5.56 Å². The van der Waals surface area contributed by atoms with E-state index in [-0.39, 0.29) is 5.76 Å². The number of aryl methyl sites for hydroxylation is 1. The van der Waals surface area contributed by atoms with Crippen molar-refractivity contribution in [3.8, 4) is 11.6 Å². The van der Waals surface area contributed by atoms with Crippen LogP contribution in [0.25, 0.3) is 11.6 Å². The van der Waals surface area contributed by atoms with E-state index in [1.165, 1.54) is 11.1 Å². The van der Waals surface area contributed by atoms with Crippen LogP contribution in [0.2, 0.25) is 0 Å². The number of hydrazine groups is 1. The van der Waals surface area contributed by atoms with Crippen molar-refractivity contribution in [3.63, 3.8) is 0 Å². The zero-order chi connectivity index (χ0) is 14.8. The van der Waals surface area contributed by atoms with Gasteiger partial charge in [-0.25, -0.2) is 5.84 Å². The molecule has 0 saturated carbocycles. The Kier molecular flexibility index (Phi) is 3.24. The van der Waals surface area contributed by atoms with Crippen LogP contribution in [-0.4, -0.2) is 26.1 Å². The Balaban J connectivity index is 1.81. The fourth-order valence-electron chi connectivity index (χ4n) is 1.83. The number of nitrogens with two attached hydrogens (primary N) is 1. The van der Waals surface area contributed by atoms with Crippen LogP contribution in [0, 0.1) is 6.92 Å². The molecule has 0 saturated heterocycles. The third kappa shape index (κ3) is 2.54. The maximum atomic E-state index is 11.4. The summed E-state index contributed by atoms with van der Waals surface area (Å²) in [6, 6.07) is 5.08. The van der Waals surface area contributed by atoms with Gasteiger partial charge in [0.1, 0.15) is 5.76 Å². The number of aromatic nitrogens is 4. The quantitative estimate of drug-likeness (QED) is 0.406. The fourth-order valence-corrected chi connectivity index (χ4v) is 1.83. The molecule has 0 atom stereocenters. The van der Waals surface area contributed by atoms with Gasteiger partial charge in [-0.3, -0.25) is 10.2 Å². The molecule has 0 aliphatic carbocycles. The first-order chi connectivity index (χ1) is 10.2. The van der Waals surface area contributed by atoms with Crippen molar-refractivity contribution in [1.29, 1.82) is 0 Å². The minimum absolute atomic E-state index is 0.136. The Labute approximate surface area is 118 Å². The molecule has 3 N–H and O–H groups in total. The average molecular weight is 288 g/mol. The molecule has 0 aromatic carbocycles. The third-order valence-electron chi connectivity index (χ3n) is 2.88. The molecular weight excluding hydrogens is 276 g/mol. The molecule has 1 amide bonds. The first-order valence-electron chi connectivity index (χ1n) is 6.09. The van der Waals surface area contributed by atoms with E-state index in [2.05, 4.69) is 15.4 Å². The minimum atomic E-state index is -0.493. The zero-order valence-electron chi connectivity index (χ0n) is 11.1. The summed E-state index contributed by atoms with van der Waals surface area (Å²) in [7, 11) is 0. The number of hydrogen-bond acceptors (Lipinski definition) is 7. The second kappa shape index (κ2) is 5.21. The van der Waals surface area contributed by atoms with Gasteiger partial charge in [0.05, 0.1) is 12.8 Å². The van der Waals surface area contributed by atoms with E-state index in [0.717, 1.165) is 5.56 Å². The Morgan fingerprint density at radius 2 is 2.38 bits per heavy atom. The van der Waals surface area contributed by atoms with Gasteiger partial charge in [-0.05, 0) is 30.3 Å². The molecule has 3 heterocycles. The molecule has 0 bridgehead atoms. The third-order valence-corrected chi connectivity index (χ3v) is 2.88. The van der Waals surface area contributed by atoms with E-state index in [1.807, 2.05) is 5.43 Å². The molecule has 3 rings (SSSR count). The normalized spacial score (nSPS) is 10.8. The van der Waals surface area contributed by atoms with Gasteiger partial charge in [-0.2, -0.15) is 4.80 Å². The second-order valence-corrected chi connectivity index (χ2v) is 4.29. The lowest BCUT2D eigenvalue weighted by Crippen LogP contribution is -2.29. The number of nitrogens with zero attached hydrogens (tertiary/aromatic N) is 4. The smallest absolute Gasteiger partial charge is 0.300 e. The Hall–Kier alpha value is -2.94. The number of hydrogen-bond donors (Lipinski definition) is 2. The highest BCUT2D eigenvalue weighted by Gasteiger charge is 2.15. The highest BCUT2D eigenvalue weighted by Crippen LogP contribution is 2.17. The number of furan rings is 2. The molecule has 0 fully saturated rings. The molecule has 0 unspecified atom stereocenters. The maximum absolute atomic E-state index is 11.4. The lowest BCUT2D eigenvalue weighted by atomic mass is 10.2. The molecule has 3 aromatic rings. The van der Waals surface area contributed by atoms with Crippen molar-refractivity contribution >= 4 is 5.91 Å². The number of tetrazole rings is 1. The first-order valence-corrected chi connectivity index (χ1v) is 6.09. The van der Waals surface area contributed by atoms with Crippen LogP contribution in [-0.2, 0) is 6.54 Å². The number of nitrogens with one attached hydrogen (secondary N) is 1. The summed E-state index contributed by atoms with van der Waals surface area (Å²) in [5.74, 6) is 6.22. The topological polar surface area (TPSA) is 125 Å². The van der Waals surface area contributed by atoms with E-state index >= 15 is 0 Å².